The molecule has 0 fully saturated rings. The van der Waals surface area contributed by atoms with Crippen LogP contribution in [0.1, 0.15) is 22.3 Å². The molecule has 2 aliphatic carbocycles. The van der Waals surface area contributed by atoms with Crippen LogP contribution >= 0.6 is 0 Å². The van der Waals surface area contributed by atoms with E-state index in [1.165, 1.54) is 55.4 Å². The Bertz CT molecular complexity index is 2070. The maximum absolute atomic E-state index is 5.14. The van der Waals surface area contributed by atoms with Gasteiger partial charge in [0.05, 0.1) is 22.7 Å². The van der Waals surface area contributed by atoms with Gasteiger partial charge in [0.1, 0.15) is 5.65 Å². The zero-order chi connectivity index (χ0) is 22.7. The van der Waals surface area contributed by atoms with E-state index in [0.717, 1.165) is 40.3 Å². The predicted octanol–water partition coefficient (Wildman–Crippen LogP) is 6.73. The van der Waals surface area contributed by atoms with Crippen molar-refractivity contribution in [2.45, 2.75) is 12.8 Å². The second kappa shape index (κ2) is 6.10. The molecule has 7 aromatic rings. The van der Waals surface area contributed by atoms with Crippen LogP contribution in [0.4, 0.5) is 0 Å². The van der Waals surface area contributed by atoms with E-state index in [1.807, 2.05) is 24.8 Å². The van der Waals surface area contributed by atoms with Gasteiger partial charge in [0.15, 0.2) is 0 Å². The molecule has 0 unspecified atom stereocenters. The van der Waals surface area contributed by atoms with Crippen molar-refractivity contribution in [3.8, 4) is 22.3 Å². The third-order valence-corrected chi connectivity index (χ3v) is 8.00. The van der Waals surface area contributed by atoms with Crippen molar-refractivity contribution in [1.29, 1.82) is 0 Å². The summed E-state index contributed by atoms with van der Waals surface area (Å²) in [5, 5.41) is 3.41. The van der Waals surface area contributed by atoms with Gasteiger partial charge in [-0.25, -0.2) is 4.98 Å². The van der Waals surface area contributed by atoms with Gasteiger partial charge in [-0.3, -0.25) is 14.4 Å². The summed E-state index contributed by atoms with van der Waals surface area (Å²) in [6.45, 7) is 0. The molecular weight excluding hydrogens is 428 g/mol. The summed E-state index contributed by atoms with van der Waals surface area (Å²) < 4.78 is 2.32. The number of hydrogen-bond donors (Lipinski definition) is 0. The molecule has 0 saturated carbocycles. The van der Waals surface area contributed by atoms with E-state index in [1.54, 1.807) is 0 Å². The van der Waals surface area contributed by atoms with Crippen LogP contribution in [0.3, 0.4) is 0 Å². The molecule has 9 rings (SSSR count). The van der Waals surface area contributed by atoms with Crippen LogP contribution in [0.25, 0.3) is 60.6 Å². The summed E-state index contributed by atoms with van der Waals surface area (Å²) in [5.41, 5.74) is 15.4. The number of imidazole rings is 1. The van der Waals surface area contributed by atoms with Gasteiger partial charge in [-0.05, 0) is 74.5 Å². The fraction of sp³-hybridized carbons (Fsp3) is 0.0645. The molecule has 0 N–H and O–H groups in total. The molecule has 0 aliphatic heterocycles. The van der Waals surface area contributed by atoms with E-state index in [9.17, 15) is 0 Å². The molecule has 162 valence electrons. The molecule has 0 bridgehead atoms. The lowest BCUT2D eigenvalue weighted by atomic mass is 9.94. The summed E-state index contributed by atoms with van der Waals surface area (Å²) in [6, 6.07) is 22.2. The lowest BCUT2D eigenvalue weighted by Crippen LogP contribution is -1.95. The topological polar surface area (TPSA) is 43.1 Å². The molecule has 2 aliphatic rings. The van der Waals surface area contributed by atoms with Crippen LogP contribution in [0.5, 0.6) is 0 Å². The molecule has 0 atom stereocenters. The Morgan fingerprint density at radius 1 is 0.629 bits per heavy atom. The Morgan fingerprint density at radius 2 is 1.43 bits per heavy atom. The predicted molar refractivity (Wildman–Crippen MR) is 140 cm³/mol. The van der Waals surface area contributed by atoms with Crippen LogP contribution in [-0.4, -0.2) is 19.4 Å². The fourth-order valence-corrected chi connectivity index (χ4v) is 6.57. The summed E-state index contributed by atoms with van der Waals surface area (Å²) >= 11 is 0. The quantitative estimate of drug-likeness (QED) is 0.243. The number of pyridine rings is 3. The van der Waals surface area contributed by atoms with Gasteiger partial charge in [0, 0.05) is 35.8 Å². The zero-order valence-electron chi connectivity index (χ0n) is 18.8. The fourth-order valence-electron chi connectivity index (χ4n) is 6.57. The molecule has 3 aromatic carbocycles. The van der Waals surface area contributed by atoms with Gasteiger partial charge < -0.3 is 0 Å². The van der Waals surface area contributed by atoms with Crippen molar-refractivity contribution in [2.75, 3.05) is 0 Å². The Hall–Kier alpha value is -4.57. The Balaban J connectivity index is 1.45. The number of aromatic nitrogens is 4. The van der Waals surface area contributed by atoms with E-state index in [2.05, 4.69) is 75.0 Å². The maximum Gasteiger partial charge on any atom is 0.148 e. The van der Waals surface area contributed by atoms with E-state index >= 15 is 0 Å². The minimum absolute atomic E-state index is 0.915. The first-order valence-electron chi connectivity index (χ1n) is 12.0. The van der Waals surface area contributed by atoms with Crippen molar-refractivity contribution in [2.24, 2.45) is 0 Å². The molecule has 4 aromatic heterocycles. The number of hydrogen-bond acceptors (Lipinski definition) is 3. The van der Waals surface area contributed by atoms with Crippen molar-refractivity contribution < 1.29 is 0 Å². The SMILES string of the molecule is c1ccc2c(c1)Cc1ccc3c(c1-2)-c1ccc2nc4c5cnccc5c5ccncc5n4c2c1C3. The van der Waals surface area contributed by atoms with Crippen LogP contribution in [0.15, 0.2) is 85.5 Å². The number of rotatable bonds is 0. The smallest absolute Gasteiger partial charge is 0.148 e. The lowest BCUT2D eigenvalue weighted by Gasteiger charge is -2.11. The minimum Gasteiger partial charge on any atom is -0.290 e. The molecule has 0 amide bonds. The molecular formula is C31H18N4. The number of nitrogens with zero attached hydrogens (tertiary/aromatic N) is 4. The van der Waals surface area contributed by atoms with Gasteiger partial charge in [0.2, 0.25) is 0 Å². The number of benzene rings is 3. The van der Waals surface area contributed by atoms with Crippen molar-refractivity contribution in [1.82, 2.24) is 19.4 Å². The normalized spacial score (nSPS) is 13.5. The lowest BCUT2D eigenvalue weighted by molar-refractivity contribution is 1.22. The van der Waals surface area contributed by atoms with Crippen LogP contribution < -0.4 is 0 Å². The third kappa shape index (κ3) is 2.11. The van der Waals surface area contributed by atoms with Crippen LogP contribution in [0, 0.1) is 0 Å². The molecule has 4 heterocycles. The largest absolute Gasteiger partial charge is 0.290 e. The first-order valence-corrected chi connectivity index (χ1v) is 12.0. The Labute approximate surface area is 200 Å². The number of fused-ring (bicyclic) bond motifs is 16. The monoisotopic (exact) mass is 446 g/mol. The van der Waals surface area contributed by atoms with E-state index < -0.39 is 0 Å². The molecule has 35 heavy (non-hydrogen) atoms. The van der Waals surface area contributed by atoms with Gasteiger partial charge in [0.25, 0.3) is 0 Å². The highest BCUT2D eigenvalue weighted by Crippen LogP contribution is 2.50. The maximum atomic E-state index is 5.14. The summed E-state index contributed by atoms with van der Waals surface area (Å²) in [5.74, 6) is 0. The van der Waals surface area contributed by atoms with Crippen molar-refractivity contribution >= 4 is 38.4 Å². The van der Waals surface area contributed by atoms with Crippen LogP contribution in [0.2, 0.25) is 0 Å². The zero-order valence-corrected chi connectivity index (χ0v) is 18.8. The first kappa shape index (κ1) is 17.8. The van der Waals surface area contributed by atoms with Crippen LogP contribution in [-0.2, 0) is 12.8 Å². The van der Waals surface area contributed by atoms with Gasteiger partial charge >= 0.3 is 0 Å². The average molecular weight is 447 g/mol. The summed E-state index contributed by atoms with van der Waals surface area (Å²) in [7, 11) is 0. The van der Waals surface area contributed by atoms with Crippen molar-refractivity contribution in [3.05, 3.63) is 108 Å². The highest BCUT2D eigenvalue weighted by atomic mass is 15.0. The summed E-state index contributed by atoms with van der Waals surface area (Å²) in [6.07, 6.45) is 9.57. The van der Waals surface area contributed by atoms with E-state index in [4.69, 9.17) is 4.98 Å². The first-order chi connectivity index (χ1) is 17.4. The van der Waals surface area contributed by atoms with Gasteiger partial charge in [-0.15, -0.1) is 0 Å². The van der Waals surface area contributed by atoms with Crippen molar-refractivity contribution in [3.63, 3.8) is 0 Å². The van der Waals surface area contributed by atoms with Gasteiger partial charge in [-0.2, -0.15) is 0 Å². The molecule has 0 spiro atoms. The standard InChI is InChI=1S/C31H18N4/c1-2-4-20-17(3-1)13-18-5-6-19-14-24-23(29(19)28(18)20)7-8-26-30(24)35-27-16-33-12-10-22(27)21-9-11-32-15-25(21)31(35)34-26/h1-12,15-16H,13-14H2. The molecule has 4 nitrogen and oxygen atoms in total. The van der Waals surface area contributed by atoms with Gasteiger partial charge in [-0.1, -0.05) is 42.5 Å². The van der Waals surface area contributed by atoms with E-state index in [0.29, 0.717) is 0 Å². The highest BCUT2D eigenvalue weighted by molar-refractivity contribution is 6.14. The average Bonchev–Trinajstić information content (AvgIpc) is 3.59. The van der Waals surface area contributed by atoms with E-state index in [-0.39, 0.29) is 0 Å². The Kier molecular flexibility index (Phi) is 3.11. The molecule has 0 saturated heterocycles. The molecule has 4 heteroatoms. The minimum atomic E-state index is 0.915. The highest BCUT2D eigenvalue weighted by Gasteiger charge is 2.30. The second-order valence-corrected chi connectivity index (χ2v) is 9.69. The Morgan fingerprint density at radius 3 is 2.37 bits per heavy atom. The summed E-state index contributed by atoms with van der Waals surface area (Å²) in [4.78, 5) is 14.1. The molecule has 0 radical (unpaired) electrons. The second-order valence-electron chi connectivity index (χ2n) is 9.69. The third-order valence-electron chi connectivity index (χ3n) is 8.00.